The smallest absolute Gasteiger partial charge is 0.290 e. The standard InChI is InChI=1S/C17H21NO2/c1-11-7-8-14-10-16(20-15(14)9-11)17(19)18-12(2)5-4-6-13(18)3/h7-10,12-13H,4-6H2,1-3H3. The van der Waals surface area contributed by atoms with Crippen molar-refractivity contribution in [2.24, 2.45) is 0 Å². The molecule has 2 atom stereocenters. The third-order valence-corrected chi connectivity index (χ3v) is 4.31. The van der Waals surface area contributed by atoms with Gasteiger partial charge in [-0.1, -0.05) is 12.1 Å². The average molecular weight is 271 g/mol. The van der Waals surface area contributed by atoms with Crippen LogP contribution in [0.15, 0.2) is 28.7 Å². The third kappa shape index (κ3) is 2.21. The fourth-order valence-corrected chi connectivity index (χ4v) is 3.19. The van der Waals surface area contributed by atoms with Gasteiger partial charge in [0.1, 0.15) is 5.58 Å². The molecule has 1 aromatic heterocycles. The van der Waals surface area contributed by atoms with E-state index in [1.54, 1.807) is 0 Å². The van der Waals surface area contributed by atoms with E-state index in [0.717, 1.165) is 29.4 Å². The van der Waals surface area contributed by atoms with Crippen LogP contribution in [0, 0.1) is 6.92 Å². The molecule has 1 fully saturated rings. The van der Waals surface area contributed by atoms with Crippen LogP contribution in [-0.4, -0.2) is 22.9 Å². The van der Waals surface area contributed by atoms with E-state index < -0.39 is 0 Å². The number of rotatable bonds is 1. The zero-order valence-corrected chi connectivity index (χ0v) is 12.3. The monoisotopic (exact) mass is 271 g/mol. The predicted octanol–water partition coefficient (Wildman–Crippen LogP) is 4.14. The minimum Gasteiger partial charge on any atom is -0.451 e. The van der Waals surface area contributed by atoms with Gasteiger partial charge in [0.15, 0.2) is 5.76 Å². The van der Waals surface area contributed by atoms with Gasteiger partial charge in [-0.2, -0.15) is 0 Å². The number of hydrogen-bond acceptors (Lipinski definition) is 2. The van der Waals surface area contributed by atoms with Crippen LogP contribution in [0.1, 0.15) is 49.2 Å². The van der Waals surface area contributed by atoms with Gasteiger partial charge in [-0.25, -0.2) is 0 Å². The fourth-order valence-electron chi connectivity index (χ4n) is 3.19. The molecule has 0 radical (unpaired) electrons. The lowest BCUT2D eigenvalue weighted by molar-refractivity contribution is 0.0481. The Morgan fingerprint density at radius 2 is 1.90 bits per heavy atom. The summed E-state index contributed by atoms with van der Waals surface area (Å²) in [5, 5.41) is 0.997. The van der Waals surface area contributed by atoms with Gasteiger partial charge in [-0.15, -0.1) is 0 Å². The van der Waals surface area contributed by atoms with Crippen molar-refractivity contribution in [3.8, 4) is 0 Å². The average Bonchev–Trinajstić information content (AvgIpc) is 2.81. The molecular weight excluding hydrogens is 250 g/mol. The van der Waals surface area contributed by atoms with Gasteiger partial charge >= 0.3 is 0 Å². The van der Waals surface area contributed by atoms with Gasteiger partial charge in [0.05, 0.1) is 0 Å². The number of hydrogen-bond donors (Lipinski definition) is 0. The van der Waals surface area contributed by atoms with Gasteiger partial charge in [-0.3, -0.25) is 4.79 Å². The van der Waals surface area contributed by atoms with Gasteiger partial charge in [-0.05, 0) is 57.7 Å². The Hall–Kier alpha value is -1.77. The quantitative estimate of drug-likeness (QED) is 0.781. The summed E-state index contributed by atoms with van der Waals surface area (Å²) < 4.78 is 5.77. The lowest BCUT2D eigenvalue weighted by atomic mass is 9.97. The number of carbonyl (C=O) groups is 1. The molecule has 0 bridgehead atoms. The summed E-state index contributed by atoms with van der Waals surface area (Å²) in [6.45, 7) is 6.28. The summed E-state index contributed by atoms with van der Waals surface area (Å²) in [4.78, 5) is 14.7. The van der Waals surface area contributed by atoms with Gasteiger partial charge < -0.3 is 9.32 Å². The molecule has 0 aliphatic carbocycles. The van der Waals surface area contributed by atoms with Crippen molar-refractivity contribution in [1.82, 2.24) is 4.90 Å². The number of fused-ring (bicyclic) bond motifs is 1. The van der Waals surface area contributed by atoms with Crippen LogP contribution >= 0.6 is 0 Å². The number of carbonyl (C=O) groups excluding carboxylic acids is 1. The summed E-state index contributed by atoms with van der Waals surface area (Å²) >= 11 is 0. The summed E-state index contributed by atoms with van der Waals surface area (Å²) in [5.74, 6) is 0.491. The van der Waals surface area contributed by atoms with E-state index in [1.165, 1.54) is 6.42 Å². The molecule has 2 heterocycles. The number of benzene rings is 1. The molecule has 0 saturated carbocycles. The molecule has 1 amide bonds. The zero-order valence-electron chi connectivity index (χ0n) is 12.3. The number of furan rings is 1. The Kier molecular flexibility index (Phi) is 3.28. The van der Waals surface area contributed by atoms with E-state index >= 15 is 0 Å². The predicted molar refractivity (Wildman–Crippen MR) is 79.9 cm³/mol. The first-order chi connectivity index (χ1) is 9.56. The number of aryl methyl sites for hydroxylation is 1. The lowest BCUT2D eigenvalue weighted by Crippen LogP contribution is -2.47. The van der Waals surface area contributed by atoms with Crippen molar-refractivity contribution >= 4 is 16.9 Å². The number of likely N-dealkylation sites (tertiary alicyclic amines) is 1. The van der Waals surface area contributed by atoms with Gasteiger partial charge in [0, 0.05) is 17.5 Å². The van der Waals surface area contributed by atoms with Crippen molar-refractivity contribution in [2.45, 2.75) is 52.1 Å². The molecule has 1 aliphatic heterocycles. The number of nitrogens with zero attached hydrogens (tertiary/aromatic N) is 1. The largest absolute Gasteiger partial charge is 0.451 e. The molecule has 2 aromatic rings. The van der Waals surface area contributed by atoms with Gasteiger partial charge in [0.25, 0.3) is 5.91 Å². The first-order valence-electron chi connectivity index (χ1n) is 7.39. The normalized spacial score (nSPS) is 23.2. The second kappa shape index (κ2) is 4.97. The van der Waals surface area contributed by atoms with Crippen LogP contribution in [0.3, 0.4) is 0 Å². The van der Waals surface area contributed by atoms with Crippen molar-refractivity contribution in [3.63, 3.8) is 0 Å². The van der Waals surface area contributed by atoms with E-state index in [2.05, 4.69) is 13.8 Å². The number of piperidine rings is 1. The van der Waals surface area contributed by atoms with Crippen LogP contribution in [0.2, 0.25) is 0 Å². The maximum atomic E-state index is 12.7. The zero-order chi connectivity index (χ0) is 14.3. The van der Waals surface area contributed by atoms with Crippen LogP contribution in [0.25, 0.3) is 11.0 Å². The summed E-state index contributed by atoms with van der Waals surface area (Å²) in [6.07, 6.45) is 3.36. The highest BCUT2D eigenvalue weighted by molar-refractivity contribution is 5.96. The van der Waals surface area contributed by atoms with Crippen molar-refractivity contribution in [3.05, 3.63) is 35.6 Å². The second-order valence-electron chi connectivity index (χ2n) is 5.99. The molecule has 0 spiro atoms. The maximum absolute atomic E-state index is 12.7. The lowest BCUT2D eigenvalue weighted by Gasteiger charge is -2.38. The van der Waals surface area contributed by atoms with E-state index in [-0.39, 0.29) is 5.91 Å². The van der Waals surface area contributed by atoms with Crippen molar-refractivity contribution in [2.75, 3.05) is 0 Å². The van der Waals surface area contributed by atoms with Crippen molar-refractivity contribution in [1.29, 1.82) is 0 Å². The minimum absolute atomic E-state index is 0.0264. The Labute approximate surface area is 119 Å². The highest BCUT2D eigenvalue weighted by Gasteiger charge is 2.31. The highest BCUT2D eigenvalue weighted by atomic mass is 16.3. The first-order valence-corrected chi connectivity index (χ1v) is 7.39. The molecule has 3 rings (SSSR count). The molecule has 3 nitrogen and oxygen atoms in total. The number of amides is 1. The van der Waals surface area contributed by atoms with Gasteiger partial charge in [0.2, 0.25) is 0 Å². The molecule has 106 valence electrons. The molecule has 1 aliphatic rings. The van der Waals surface area contributed by atoms with E-state index in [0.29, 0.717) is 17.8 Å². The van der Waals surface area contributed by atoms with Crippen LogP contribution in [-0.2, 0) is 0 Å². The molecule has 1 saturated heterocycles. The Morgan fingerprint density at radius 3 is 2.60 bits per heavy atom. The third-order valence-electron chi connectivity index (χ3n) is 4.31. The molecule has 1 aromatic carbocycles. The fraction of sp³-hybridized carbons (Fsp3) is 0.471. The topological polar surface area (TPSA) is 33.5 Å². The molecule has 20 heavy (non-hydrogen) atoms. The molecular formula is C17H21NO2. The summed E-state index contributed by atoms with van der Waals surface area (Å²) in [7, 11) is 0. The van der Waals surface area contributed by atoms with E-state index in [9.17, 15) is 4.79 Å². The van der Waals surface area contributed by atoms with Crippen LogP contribution < -0.4 is 0 Å². The van der Waals surface area contributed by atoms with E-state index in [1.807, 2.05) is 36.1 Å². The molecule has 0 N–H and O–H groups in total. The first kappa shape index (κ1) is 13.2. The Bertz CT molecular complexity index is 633. The molecule has 2 unspecified atom stereocenters. The maximum Gasteiger partial charge on any atom is 0.290 e. The highest BCUT2D eigenvalue weighted by Crippen LogP contribution is 2.27. The molecule has 3 heteroatoms. The SMILES string of the molecule is Cc1ccc2cc(C(=O)N3C(C)CCCC3C)oc2c1. The Morgan fingerprint density at radius 1 is 1.20 bits per heavy atom. The van der Waals surface area contributed by atoms with E-state index in [4.69, 9.17) is 4.42 Å². The van der Waals surface area contributed by atoms with Crippen molar-refractivity contribution < 1.29 is 9.21 Å². The summed E-state index contributed by atoms with van der Waals surface area (Å²) in [6, 6.07) is 8.48. The van der Waals surface area contributed by atoms with Crippen LogP contribution in [0.4, 0.5) is 0 Å². The minimum atomic E-state index is 0.0264. The Balaban J connectivity index is 1.95. The van der Waals surface area contributed by atoms with Crippen LogP contribution in [0.5, 0.6) is 0 Å². The summed E-state index contributed by atoms with van der Waals surface area (Å²) in [5.41, 5.74) is 1.94. The second-order valence-corrected chi connectivity index (χ2v) is 5.99.